The van der Waals surface area contributed by atoms with Crippen LogP contribution in [0.25, 0.3) is 0 Å². The summed E-state index contributed by atoms with van der Waals surface area (Å²) in [5, 5.41) is 0. The molecule has 0 spiro atoms. The van der Waals surface area contributed by atoms with Crippen LogP contribution in [0, 0.1) is 6.92 Å². The molecule has 4 rings (SSSR count). The van der Waals surface area contributed by atoms with E-state index in [4.69, 9.17) is 0 Å². The molecule has 0 aliphatic carbocycles. The zero-order chi connectivity index (χ0) is 20.4. The summed E-state index contributed by atoms with van der Waals surface area (Å²) in [6.45, 7) is 5.15. The highest BCUT2D eigenvalue weighted by molar-refractivity contribution is 7.92. The number of aromatic amines is 1. The van der Waals surface area contributed by atoms with Crippen molar-refractivity contribution < 1.29 is 18.2 Å². The number of rotatable bonds is 3. The first-order valence-corrected chi connectivity index (χ1v) is 11.7. The standard InChI is InChI=1S/C21H26N4O3S/c1-17-7-8-18(16-19(17)25-10-4-5-15-29(25,27)28)21(26)24-13-11-23(12-14-24)20-6-2-3-9-22-20/h2-3,6-9,16H,4-5,10-15H2,1H3/p+1. The normalized spacial score (nSPS) is 19.3. The number of benzene rings is 1. The van der Waals surface area contributed by atoms with E-state index in [1.54, 1.807) is 12.1 Å². The predicted octanol–water partition coefficient (Wildman–Crippen LogP) is 1.70. The third-order valence-electron chi connectivity index (χ3n) is 5.67. The van der Waals surface area contributed by atoms with Gasteiger partial charge in [0.05, 0.1) is 30.7 Å². The lowest BCUT2D eigenvalue weighted by Crippen LogP contribution is -2.50. The van der Waals surface area contributed by atoms with Gasteiger partial charge in [0.1, 0.15) is 13.1 Å². The summed E-state index contributed by atoms with van der Waals surface area (Å²) in [7, 11) is -3.31. The maximum absolute atomic E-state index is 13.1. The largest absolute Gasteiger partial charge is 0.331 e. The molecule has 3 heterocycles. The van der Waals surface area contributed by atoms with Crippen LogP contribution < -0.4 is 14.2 Å². The van der Waals surface area contributed by atoms with Gasteiger partial charge in [0.2, 0.25) is 10.0 Å². The molecule has 29 heavy (non-hydrogen) atoms. The van der Waals surface area contributed by atoms with Gasteiger partial charge in [0.15, 0.2) is 0 Å². The van der Waals surface area contributed by atoms with Gasteiger partial charge in [-0.05, 0) is 43.5 Å². The van der Waals surface area contributed by atoms with Gasteiger partial charge >= 0.3 is 0 Å². The molecule has 154 valence electrons. The van der Waals surface area contributed by atoms with Crippen LogP contribution in [0.2, 0.25) is 0 Å². The number of hydrogen-bond donors (Lipinski definition) is 0. The number of anilines is 2. The Hall–Kier alpha value is -2.61. The van der Waals surface area contributed by atoms with Crippen molar-refractivity contribution >= 4 is 27.4 Å². The van der Waals surface area contributed by atoms with E-state index in [2.05, 4.69) is 9.88 Å². The van der Waals surface area contributed by atoms with E-state index in [1.165, 1.54) is 4.31 Å². The molecule has 0 saturated carbocycles. The first kappa shape index (κ1) is 19.7. The van der Waals surface area contributed by atoms with E-state index in [1.807, 2.05) is 42.3 Å². The molecule has 0 unspecified atom stereocenters. The van der Waals surface area contributed by atoms with Crippen LogP contribution in [-0.2, 0) is 10.0 Å². The Labute approximate surface area is 172 Å². The molecule has 0 atom stereocenters. The molecular weight excluding hydrogens is 388 g/mol. The lowest BCUT2D eigenvalue weighted by molar-refractivity contribution is -0.364. The van der Waals surface area contributed by atoms with Gasteiger partial charge in [-0.2, -0.15) is 0 Å². The second kappa shape index (κ2) is 8.02. The van der Waals surface area contributed by atoms with Crippen LogP contribution in [0.5, 0.6) is 0 Å². The van der Waals surface area contributed by atoms with Crippen molar-refractivity contribution in [2.75, 3.05) is 47.7 Å². The van der Waals surface area contributed by atoms with Gasteiger partial charge in [-0.3, -0.25) is 14.0 Å². The number of piperazine rings is 1. The average molecular weight is 416 g/mol. The van der Waals surface area contributed by atoms with Gasteiger partial charge in [0.25, 0.3) is 11.7 Å². The molecule has 2 fully saturated rings. The SMILES string of the molecule is Cc1ccc(C(=O)N2CCN(c3cccc[nH+]3)CC2)cc1N1CCCCS1(=O)=O. The zero-order valence-corrected chi connectivity index (χ0v) is 17.5. The van der Waals surface area contributed by atoms with Gasteiger partial charge in [-0.1, -0.05) is 12.1 Å². The fraction of sp³-hybridized carbons (Fsp3) is 0.429. The van der Waals surface area contributed by atoms with Crippen molar-refractivity contribution in [3.8, 4) is 0 Å². The lowest BCUT2D eigenvalue weighted by Gasteiger charge is -2.32. The third kappa shape index (κ3) is 4.07. The number of carbonyl (C=O) groups excluding carboxylic acids is 1. The summed E-state index contributed by atoms with van der Waals surface area (Å²) in [4.78, 5) is 20.4. The first-order chi connectivity index (χ1) is 14.0. The third-order valence-corrected chi connectivity index (χ3v) is 7.53. The second-order valence-electron chi connectivity index (χ2n) is 7.62. The van der Waals surface area contributed by atoms with Crippen molar-refractivity contribution in [1.29, 1.82) is 0 Å². The molecule has 1 aromatic heterocycles. The Balaban J connectivity index is 1.50. The summed E-state index contributed by atoms with van der Waals surface area (Å²) in [6, 6.07) is 11.4. The Bertz CT molecular complexity index is 986. The maximum Gasteiger partial charge on any atom is 0.274 e. The number of nitrogens with zero attached hydrogens (tertiary/aromatic N) is 3. The van der Waals surface area contributed by atoms with Crippen molar-refractivity contribution in [2.24, 2.45) is 0 Å². The van der Waals surface area contributed by atoms with Crippen molar-refractivity contribution in [3.63, 3.8) is 0 Å². The molecule has 8 heteroatoms. The van der Waals surface area contributed by atoms with Gasteiger partial charge in [-0.15, -0.1) is 0 Å². The summed E-state index contributed by atoms with van der Waals surface area (Å²) >= 11 is 0. The van der Waals surface area contributed by atoms with E-state index in [0.717, 1.165) is 30.9 Å². The molecule has 0 bridgehead atoms. The summed E-state index contributed by atoms with van der Waals surface area (Å²) in [6.07, 6.45) is 3.43. The number of amides is 1. The summed E-state index contributed by atoms with van der Waals surface area (Å²) in [5.74, 6) is 1.17. The number of carbonyl (C=O) groups is 1. The van der Waals surface area contributed by atoms with Crippen LogP contribution in [0.15, 0.2) is 42.6 Å². The average Bonchev–Trinajstić information content (AvgIpc) is 2.74. The fourth-order valence-electron chi connectivity index (χ4n) is 3.98. The lowest BCUT2D eigenvalue weighted by atomic mass is 10.1. The van der Waals surface area contributed by atoms with Crippen LogP contribution >= 0.6 is 0 Å². The number of H-pyrrole nitrogens is 1. The number of aromatic nitrogens is 1. The number of pyridine rings is 1. The Kier molecular flexibility index (Phi) is 5.45. The number of sulfonamides is 1. The highest BCUT2D eigenvalue weighted by Gasteiger charge is 2.30. The van der Waals surface area contributed by atoms with Gasteiger partial charge < -0.3 is 4.90 Å². The van der Waals surface area contributed by atoms with E-state index >= 15 is 0 Å². The van der Waals surface area contributed by atoms with Crippen LogP contribution in [-0.4, -0.2) is 57.7 Å². The predicted molar refractivity (Wildman–Crippen MR) is 113 cm³/mol. The van der Waals surface area contributed by atoms with Crippen molar-refractivity contribution in [2.45, 2.75) is 19.8 Å². The topological polar surface area (TPSA) is 75.1 Å². The van der Waals surface area contributed by atoms with Crippen LogP contribution in [0.4, 0.5) is 11.5 Å². The summed E-state index contributed by atoms with van der Waals surface area (Å²) < 4.78 is 26.5. The molecule has 2 aliphatic heterocycles. The van der Waals surface area contributed by atoms with E-state index in [0.29, 0.717) is 37.3 Å². The van der Waals surface area contributed by atoms with E-state index in [-0.39, 0.29) is 11.7 Å². The van der Waals surface area contributed by atoms with E-state index in [9.17, 15) is 13.2 Å². The minimum atomic E-state index is -3.31. The zero-order valence-electron chi connectivity index (χ0n) is 16.7. The molecule has 2 saturated heterocycles. The maximum atomic E-state index is 13.1. The monoisotopic (exact) mass is 415 g/mol. The summed E-state index contributed by atoms with van der Waals surface area (Å²) in [5.41, 5.74) is 2.05. The Morgan fingerprint density at radius 2 is 1.79 bits per heavy atom. The number of aryl methyl sites for hydroxylation is 1. The minimum Gasteiger partial charge on any atom is -0.331 e. The number of nitrogens with one attached hydrogen (secondary N) is 1. The second-order valence-corrected chi connectivity index (χ2v) is 9.64. The Morgan fingerprint density at radius 1 is 1.00 bits per heavy atom. The Morgan fingerprint density at radius 3 is 2.48 bits per heavy atom. The van der Waals surface area contributed by atoms with Crippen molar-refractivity contribution in [3.05, 3.63) is 53.7 Å². The molecule has 2 aliphatic rings. The molecule has 1 amide bonds. The van der Waals surface area contributed by atoms with Gasteiger partial charge in [0, 0.05) is 18.2 Å². The molecule has 7 nitrogen and oxygen atoms in total. The highest BCUT2D eigenvalue weighted by atomic mass is 32.2. The molecule has 1 aromatic carbocycles. The van der Waals surface area contributed by atoms with Crippen molar-refractivity contribution in [1.82, 2.24) is 4.90 Å². The first-order valence-electron chi connectivity index (χ1n) is 10.1. The molecular formula is C21H27N4O3S+. The molecule has 0 radical (unpaired) electrons. The highest BCUT2D eigenvalue weighted by Crippen LogP contribution is 2.28. The quantitative estimate of drug-likeness (QED) is 0.765. The molecule has 2 aromatic rings. The number of hydrogen-bond acceptors (Lipinski definition) is 4. The fourth-order valence-corrected chi connectivity index (χ4v) is 5.68. The van der Waals surface area contributed by atoms with Crippen LogP contribution in [0.3, 0.4) is 0 Å². The van der Waals surface area contributed by atoms with Gasteiger partial charge in [-0.25, -0.2) is 13.4 Å². The smallest absolute Gasteiger partial charge is 0.274 e. The minimum absolute atomic E-state index is 0.0441. The van der Waals surface area contributed by atoms with Crippen LogP contribution in [0.1, 0.15) is 28.8 Å². The molecule has 1 N–H and O–H groups in total. The van der Waals surface area contributed by atoms with E-state index < -0.39 is 10.0 Å².